The minimum absolute atomic E-state index is 0.493. The molecule has 1 aliphatic heterocycles. The van der Waals surface area contributed by atoms with Gasteiger partial charge in [0, 0.05) is 42.9 Å². The predicted octanol–water partition coefficient (Wildman–Crippen LogP) is 15.3. The fraction of sp³-hybridized carbons (Fsp3) is 0.0182. The topological polar surface area (TPSA) is 6.48 Å². The molecule has 272 valence electrons. The van der Waals surface area contributed by atoms with E-state index in [1.165, 1.54) is 76.1 Å². The summed E-state index contributed by atoms with van der Waals surface area (Å²) in [4.78, 5) is 4.80. The largest absolute Gasteiger partial charge is 0.310 e. The Morgan fingerprint density at radius 2 is 0.897 bits per heavy atom. The van der Waals surface area contributed by atoms with Gasteiger partial charge in [-0.25, -0.2) is 0 Å². The Morgan fingerprint density at radius 3 is 1.57 bits per heavy atom. The lowest BCUT2D eigenvalue weighted by atomic mass is 9.64. The fourth-order valence-electron chi connectivity index (χ4n) is 9.92. The third-order valence-corrected chi connectivity index (χ3v) is 13.4. The molecular formula is C55H36N2S. The van der Waals surface area contributed by atoms with Gasteiger partial charge in [-0.05, 0) is 123 Å². The van der Waals surface area contributed by atoms with Gasteiger partial charge in [0.15, 0.2) is 0 Å². The molecule has 12 rings (SSSR count). The molecule has 1 aromatic heterocycles. The summed E-state index contributed by atoms with van der Waals surface area (Å²) in [5.74, 6) is 0. The molecule has 2 aliphatic rings. The highest BCUT2D eigenvalue weighted by Gasteiger charge is 2.52. The van der Waals surface area contributed by atoms with Crippen molar-refractivity contribution >= 4 is 65.6 Å². The number of fused-ring (bicyclic) bond motifs is 12. The summed E-state index contributed by atoms with van der Waals surface area (Å²) in [7, 11) is 0. The van der Waals surface area contributed by atoms with Crippen molar-refractivity contribution in [3.05, 3.63) is 241 Å². The quantitative estimate of drug-likeness (QED) is 0.173. The normalized spacial score (nSPS) is 13.3. The van der Waals surface area contributed by atoms with Crippen molar-refractivity contribution in [3.63, 3.8) is 0 Å². The van der Waals surface area contributed by atoms with Crippen molar-refractivity contribution in [2.75, 3.05) is 9.80 Å². The molecule has 0 saturated carbocycles. The third kappa shape index (κ3) is 4.71. The molecule has 0 radical (unpaired) electrons. The maximum absolute atomic E-state index is 2.45. The molecule has 1 aliphatic carbocycles. The van der Waals surface area contributed by atoms with Gasteiger partial charge in [0.25, 0.3) is 0 Å². The molecule has 0 fully saturated rings. The first-order chi connectivity index (χ1) is 28.8. The first-order valence-electron chi connectivity index (χ1n) is 19.9. The minimum Gasteiger partial charge on any atom is -0.310 e. The molecule has 10 aromatic rings. The van der Waals surface area contributed by atoms with E-state index >= 15 is 0 Å². The molecule has 0 unspecified atom stereocenters. The molecule has 1 spiro atoms. The van der Waals surface area contributed by atoms with E-state index in [1.807, 2.05) is 11.3 Å². The molecule has 0 bridgehead atoms. The Morgan fingerprint density at radius 1 is 0.379 bits per heavy atom. The number of anilines is 6. The van der Waals surface area contributed by atoms with Crippen LogP contribution in [0.4, 0.5) is 34.1 Å². The van der Waals surface area contributed by atoms with Crippen LogP contribution in [0.3, 0.4) is 0 Å². The number of rotatable bonds is 5. The lowest BCUT2D eigenvalue weighted by Gasteiger charge is -2.45. The molecule has 0 amide bonds. The summed E-state index contributed by atoms with van der Waals surface area (Å²) < 4.78 is 2.58. The van der Waals surface area contributed by atoms with Gasteiger partial charge in [-0.2, -0.15) is 0 Å². The lowest BCUT2D eigenvalue weighted by molar-refractivity contribution is 0.753. The predicted molar refractivity (Wildman–Crippen MR) is 245 cm³/mol. The highest BCUT2D eigenvalue weighted by atomic mass is 32.1. The zero-order valence-corrected chi connectivity index (χ0v) is 32.4. The lowest BCUT2D eigenvalue weighted by Crippen LogP contribution is -2.36. The van der Waals surface area contributed by atoms with Gasteiger partial charge in [-0.3, -0.25) is 0 Å². The van der Waals surface area contributed by atoms with Crippen molar-refractivity contribution in [2.24, 2.45) is 0 Å². The van der Waals surface area contributed by atoms with Crippen molar-refractivity contribution in [2.45, 2.75) is 5.41 Å². The van der Waals surface area contributed by atoms with Crippen LogP contribution >= 0.6 is 11.3 Å². The van der Waals surface area contributed by atoms with E-state index in [1.54, 1.807) is 0 Å². The summed E-state index contributed by atoms with van der Waals surface area (Å²) in [6.07, 6.45) is 0. The van der Waals surface area contributed by atoms with E-state index in [9.17, 15) is 0 Å². The van der Waals surface area contributed by atoms with Crippen LogP contribution in [0, 0.1) is 0 Å². The van der Waals surface area contributed by atoms with Gasteiger partial charge in [0.1, 0.15) is 0 Å². The smallest absolute Gasteiger partial charge is 0.0754 e. The highest BCUT2D eigenvalue weighted by Crippen LogP contribution is 2.64. The Labute approximate surface area is 342 Å². The number of para-hydroxylation sites is 5. The Balaban J connectivity index is 1.08. The average molecular weight is 757 g/mol. The number of benzene rings is 9. The highest BCUT2D eigenvalue weighted by molar-refractivity contribution is 7.25. The Hall–Kier alpha value is -7.20. The average Bonchev–Trinajstić information content (AvgIpc) is 3.81. The summed E-state index contributed by atoms with van der Waals surface area (Å²) in [6, 6.07) is 80.4. The molecule has 58 heavy (non-hydrogen) atoms. The van der Waals surface area contributed by atoms with Crippen LogP contribution in [0.2, 0.25) is 0 Å². The SMILES string of the molecule is c1ccc(N(c2ccccc2)c2ccc3sc4ccc(-c5cccc6c5-c5ccccc5C65c6ccccc6N(c6ccccc6)c6ccccc65)cc4c3c2)cc1. The second kappa shape index (κ2) is 12.9. The second-order valence-corrected chi connectivity index (χ2v) is 16.3. The van der Waals surface area contributed by atoms with Gasteiger partial charge >= 0.3 is 0 Å². The van der Waals surface area contributed by atoms with E-state index in [-0.39, 0.29) is 0 Å². The third-order valence-electron chi connectivity index (χ3n) is 12.2. The summed E-state index contributed by atoms with van der Waals surface area (Å²) >= 11 is 1.87. The Kier molecular flexibility index (Phi) is 7.35. The molecular weight excluding hydrogens is 721 g/mol. The van der Waals surface area contributed by atoms with Crippen LogP contribution < -0.4 is 9.80 Å². The van der Waals surface area contributed by atoms with Crippen LogP contribution in [0.15, 0.2) is 218 Å². The van der Waals surface area contributed by atoms with E-state index in [0.29, 0.717) is 0 Å². The second-order valence-electron chi connectivity index (χ2n) is 15.2. The zero-order valence-electron chi connectivity index (χ0n) is 31.6. The molecule has 9 aromatic carbocycles. The van der Waals surface area contributed by atoms with E-state index in [4.69, 9.17) is 0 Å². The maximum Gasteiger partial charge on any atom is 0.0754 e. The molecule has 0 N–H and O–H groups in total. The summed E-state index contributed by atoms with van der Waals surface area (Å²) in [5, 5.41) is 2.56. The van der Waals surface area contributed by atoms with Gasteiger partial charge in [0.05, 0.1) is 16.8 Å². The monoisotopic (exact) mass is 756 g/mol. The van der Waals surface area contributed by atoms with Crippen LogP contribution in [-0.2, 0) is 5.41 Å². The number of hydrogen-bond acceptors (Lipinski definition) is 3. The molecule has 3 heteroatoms. The van der Waals surface area contributed by atoms with E-state index in [2.05, 4.69) is 228 Å². The zero-order chi connectivity index (χ0) is 38.2. The van der Waals surface area contributed by atoms with E-state index in [0.717, 1.165) is 22.7 Å². The summed E-state index contributed by atoms with van der Waals surface area (Å²) in [5.41, 5.74) is 16.9. The van der Waals surface area contributed by atoms with E-state index < -0.39 is 5.41 Å². The molecule has 0 saturated heterocycles. The standard InChI is InChI=1S/C55H36N2S/c1-4-17-38(18-5-1)56(39-19-6-2-7-20-39)41-32-34-53-45(36-41)44-35-37(31-33-52(44)58-53)42-24-16-28-49-54(42)43-23-10-11-25-46(43)55(49)47-26-12-14-29-50(47)57(40-21-8-3-9-22-40)51-30-15-13-27-48(51)55/h1-36H. The van der Waals surface area contributed by atoms with Gasteiger partial charge in [-0.15, -0.1) is 11.3 Å². The van der Waals surface area contributed by atoms with Crippen molar-refractivity contribution in [1.29, 1.82) is 0 Å². The molecule has 2 heterocycles. The fourth-order valence-corrected chi connectivity index (χ4v) is 11.0. The molecule has 2 nitrogen and oxygen atoms in total. The number of thiophene rings is 1. The summed E-state index contributed by atoms with van der Waals surface area (Å²) in [6.45, 7) is 0. The van der Waals surface area contributed by atoms with Gasteiger partial charge < -0.3 is 9.80 Å². The van der Waals surface area contributed by atoms with Crippen molar-refractivity contribution in [1.82, 2.24) is 0 Å². The van der Waals surface area contributed by atoms with Crippen molar-refractivity contribution < 1.29 is 0 Å². The van der Waals surface area contributed by atoms with Crippen molar-refractivity contribution in [3.8, 4) is 22.3 Å². The van der Waals surface area contributed by atoms with Crippen LogP contribution in [0.5, 0.6) is 0 Å². The van der Waals surface area contributed by atoms with Gasteiger partial charge in [-0.1, -0.05) is 140 Å². The van der Waals surface area contributed by atoms with Crippen LogP contribution in [0.25, 0.3) is 42.4 Å². The van der Waals surface area contributed by atoms with Crippen LogP contribution in [0.1, 0.15) is 22.3 Å². The number of nitrogens with zero attached hydrogens (tertiary/aromatic N) is 2. The first kappa shape index (κ1) is 33.0. The Bertz CT molecular complexity index is 3100. The first-order valence-corrected chi connectivity index (χ1v) is 20.8. The minimum atomic E-state index is -0.493. The number of hydrogen-bond donors (Lipinski definition) is 0. The maximum atomic E-state index is 2.45. The van der Waals surface area contributed by atoms with Crippen LogP contribution in [-0.4, -0.2) is 0 Å². The molecule has 0 atom stereocenters. The van der Waals surface area contributed by atoms with Gasteiger partial charge in [0.2, 0.25) is 0 Å².